The van der Waals surface area contributed by atoms with E-state index in [9.17, 15) is 9.18 Å². The van der Waals surface area contributed by atoms with Crippen molar-refractivity contribution in [3.63, 3.8) is 0 Å². The van der Waals surface area contributed by atoms with Gasteiger partial charge in [-0.25, -0.2) is 4.39 Å². The van der Waals surface area contributed by atoms with Gasteiger partial charge in [-0.05, 0) is 23.8 Å². The molecule has 0 unspecified atom stereocenters. The fraction of sp³-hybridized carbons (Fsp3) is 0.417. The molecule has 0 radical (unpaired) electrons. The first-order chi connectivity index (χ1) is 7.86. The Balaban J connectivity index is 2.88. The van der Waals surface area contributed by atoms with Crippen LogP contribution in [0, 0.1) is 5.82 Å². The van der Waals surface area contributed by atoms with Crippen LogP contribution in [-0.4, -0.2) is 24.2 Å². The van der Waals surface area contributed by atoms with Crippen LogP contribution in [-0.2, 0) is 10.2 Å². The predicted molar refractivity (Wildman–Crippen MR) is 64.5 cm³/mol. The van der Waals surface area contributed by atoms with Crippen molar-refractivity contribution < 1.29 is 14.3 Å². The fourth-order valence-corrected chi connectivity index (χ4v) is 1.66. The average molecular weight is 260 g/mol. The van der Waals surface area contributed by atoms with Crippen molar-refractivity contribution in [1.82, 2.24) is 5.32 Å². The Bertz CT molecular complexity index is 421. The van der Waals surface area contributed by atoms with Crippen molar-refractivity contribution in [3.05, 3.63) is 34.6 Å². The predicted octanol–water partition coefficient (Wildman–Crippen LogP) is 1.87. The van der Waals surface area contributed by atoms with Gasteiger partial charge in [0, 0.05) is 17.0 Å². The second kappa shape index (κ2) is 5.47. The topological polar surface area (TPSA) is 49.3 Å². The van der Waals surface area contributed by atoms with E-state index < -0.39 is 17.9 Å². The molecule has 17 heavy (non-hydrogen) atoms. The van der Waals surface area contributed by atoms with Gasteiger partial charge < -0.3 is 10.4 Å². The molecule has 0 saturated carbocycles. The summed E-state index contributed by atoms with van der Waals surface area (Å²) in [6.45, 7) is 3.23. The average Bonchev–Trinajstić information content (AvgIpc) is 2.29. The van der Waals surface area contributed by atoms with Crippen molar-refractivity contribution >= 4 is 17.5 Å². The number of carbonyl (C=O) groups excluding carboxylic acids is 1. The lowest BCUT2D eigenvalue weighted by atomic mass is 9.84. The lowest BCUT2D eigenvalue weighted by Crippen LogP contribution is -2.38. The Kier molecular flexibility index (Phi) is 4.48. The quantitative estimate of drug-likeness (QED) is 0.867. The molecule has 1 amide bonds. The summed E-state index contributed by atoms with van der Waals surface area (Å²) in [4.78, 5) is 11.0. The molecule has 1 aromatic carbocycles. The van der Waals surface area contributed by atoms with Crippen molar-refractivity contribution in [2.24, 2.45) is 0 Å². The first-order valence-electron chi connectivity index (χ1n) is 5.20. The number of benzene rings is 1. The Morgan fingerprint density at radius 1 is 1.53 bits per heavy atom. The number of amides is 1. The zero-order valence-electron chi connectivity index (χ0n) is 9.76. The molecule has 0 fully saturated rings. The second-order valence-corrected chi connectivity index (χ2v) is 4.88. The highest BCUT2D eigenvalue weighted by Crippen LogP contribution is 2.27. The monoisotopic (exact) mass is 259 g/mol. The molecule has 5 heteroatoms. The van der Waals surface area contributed by atoms with Gasteiger partial charge >= 0.3 is 0 Å². The number of aliphatic hydroxyl groups excluding tert-OH is 1. The summed E-state index contributed by atoms with van der Waals surface area (Å²) in [5, 5.41) is 11.6. The number of hydrogen-bond acceptors (Lipinski definition) is 2. The molecule has 1 aromatic rings. The minimum absolute atomic E-state index is 0.226. The summed E-state index contributed by atoms with van der Waals surface area (Å²) >= 11 is 5.82. The number of hydrogen-bond donors (Lipinski definition) is 2. The third-order valence-electron chi connectivity index (χ3n) is 2.53. The van der Waals surface area contributed by atoms with Crippen LogP contribution in [0.1, 0.15) is 19.4 Å². The summed E-state index contributed by atoms with van der Waals surface area (Å²) in [6.07, 6.45) is 0. The van der Waals surface area contributed by atoms with E-state index in [1.807, 2.05) is 0 Å². The van der Waals surface area contributed by atoms with E-state index in [-0.39, 0.29) is 12.4 Å². The number of nitrogens with one attached hydrogen (secondary N) is 1. The van der Waals surface area contributed by atoms with Crippen LogP contribution in [0.3, 0.4) is 0 Å². The molecule has 0 saturated heterocycles. The van der Waals surface area contributed by atoms with Crippen LogP contribution in [0.25, 0.3) is 0 Å². The zero-order valence-corrected chi connectivity index (χ0v) is 10.5. The summed E-state index contributed by atoms with van der Waals surface area (Å²) in [7, 11) is 0. The molecule has 0 aliphatic rings. The van der Waals surface area contributed by atoms with E-state index in [0.717, 1.165) is 0 Å². The van der Waals surface area contributed by atoms with Gasteiger partial charge in [0.15, 0.2) is 0 Å². The maximum Gasteiger partial charge on any atom is 0.245 e. The molecule has 0 heterocycles. The van der Waals surface area contributed by atoms with Gasteiger partial charge in [0.1, 0.15) is 12.4 Å². The summed E-state index contributed by atoms with van der Waals surface area (Å²) in [5.41, 5.74) is -0.164. The zero-order chi connectivity index (χ0) is 13.1. The number of aliphatic hydroxyl groups is 1. The smallest absolute Gasteiger partial charge is 0.245 e. The molecule has 0 aromatic heterocycles. The Labute approximate surface area is 105 Å². The first-order valence-corrected chi connectivity index (χ1v) is 5.57. The standard InChI is InChI=1S/C12H15ClFNO2/c1-12(2,7-15-11(17)6-16)9-5-8(13)3-4-10(9)14/h3-5,16H,6-7H2,1-2H3,(H,15,17). The summed E-state index contributed by atoms with van der Waals surface area (Å²) < 4.78 is 13.7. The molecule has 94 valence electrons. The van der Waals surface area contributed by atoms with Gasteiger partial charge in [-0.1, -0.05) is 25.4 Å². The highest BCUT2D eigenvalue weighted by Gasteiger charge is 2.25. The molecule has 0 atom stereocenters. The lowest BCUT2D eigenvalue weighted by Gasteiger charge is -2.26. The maximum absolute atomic E-state index is 13.7. The van der Waals surface area contributed by atoms with Crippen LogP contribution in [0.5, 0.6) is 0 Å². The van der Waals surface area contributed by atoms with E-state index in [2.05, 4.69) is 5.32 Å². The number of rotatable bonds is 4. The third-order valence-corrected chi connectivity index (χ3v) is 2.76. The maximum atomic E-state index is 13.7. The molecule has 0 spiro atoms. The molecular formula is C12H15ClFNO2. The van der Waals surface area contributed by atoms with Crippen LogP contribution < -0.4 is 5.32 Å². The minimum atomic E-state index is -0.597. The van der Waals surface area contributed by atoms with Crippen LogP contribution in [0.15, 0.2) is 18.2 Å². The normalized spacial score (nSPS) is 11.4. The molecular weight excluding hydrogens is 245 g/mol. The van der Waals surface area contributed by atoms with Gasteiger partial charge in [0.05, 0.1) is 0 Å². The summed E-state index contributed by atoms with van der Waals surface area (Å²) in [5.74, 6) is -0.849. The molecule has 3 nitrogen and oxygen atoms in total. The van der Waals surface area contributed by atoms with Crippen LogP contribution in [0.2, 0.25) is 5.02 Å². The Morgan fingerprint density at radius 2 is 2.18 bits per heavy atom. The van der Waals surface area contributed by atoms with Gasteiger partial charge in [0.25, 0.3) is 0 Å². The van der Waals surface area contributed by atoms with Gasteiger partial charge in [0.2, 0.25) is 5.91 Å². The van der Waals surface area contributed by atoms with Gasteiger partial charge in [-0.15, -0.1) is 0 Å². The summed E-state index contributed by atoms with van der Waals surface area (Å²) in [6, 6.07) is 4.32. The number of halogens is 2. The minimum Gasteiger partial charge on any atom is -0.387 e. The highest BCUT2D eigenvalue weighted by atomic mass is 35.5. The number of carbonyl (C=O) groups is 1. The van der Waals surface area contributed by atoms with Crippen molar-refractivity contribution in [2.75, 3.05) is 13.2 Å². The van der Waals surface area contributed by atoms with E-state index in [1.165, 1.54) is 12.1 Å². The van der Waals surface area contributed by atoms with Crippen molar-refractivity contribution in [1.29, 1.82) is 0 Å². The fourth-order valence-electron chi connectivity index (χ4n) is 1.49. The van der Waals surface area contributed by atoms with Crippen molar-refractivity contribution in [3.8, 4) is 0 Å². The van der Waals surface area contributed by atoms with Crippen LogP contribution >= 0.6 is 11.6 Å². The van der Waals surface area contributed by atoms with Gasteiger partial charge in [-0.2, -0.15) is 0 Å². The molecule has 0 bridgehead atoms. The lowest BCUT2D eigenvalue weighted by molar-refractivity contribution is -0.124. The second-order valence-electron chi connectivity index (χ2n) is 4.44. The van der Waals surface area contributed by atoms with Gasteiger partial charge in [-0.3, -0.25) is 4.79 Å². The molecule has 0 aliphatic carbocycles. The van der Waals surface area contributed by atoms with E-state index >= 15 is 0 Å². The van der Waals surface area contributed by atoms with Crippen LogP contribution in [0.4, 0.5) is 4.39 Å². The van der Waals surface area contributed by atoms with E-state index in [0.29, 0.717) is 10.6 Å². The first kappa shape index (κ1) is 13.9. The Hall–Kier alpha value is -1.13. The molecule has 0 aliphatic heterocycles. The van der Waals surface area contributed by atoms with Crippen molar-refractivity contribution in [2.45, 2.75) is 19.3 Å². The third kappa shape index (κ3) is 3.68. The highest BCUT2D eigenvalue weighted by molar-refractivity contribution is 6.30. The van der Waals surface area contributed by atoms with E-state index in [4.69, 9.17) is 16.7 Å². The van der Waals surface area contributed by atoms with E-state index in [1.54, 1.807) is 19.9 Å². The molecule has 2 N–H and O–H groups in total. The Morgan fingerprint density at radius 3 is 2.76 bits per heavy atom. The molecule has 1 rings (SSSR count). The SMILES string of the molecule is CC(C)(CNC(=O)CO)c1cc(Cl)ccc1F. The largest absolute Gasteiger partial charge is 0.387 e.